The van der Waals surface area contributed by atoms with Crippen LogP contribution in [0, 0.1) is 0 Å². The second-order valence-electron chi connectivity index (χ2n) is 3.07. The van der Waals surface area contributed by atoms with Crippen molar-refractivity contribution >= 4 is 11.6 Å². The van der Waals surface area contributed by atoms with Gasteiger partial charge in [0.1, 0.15) is 5.75 Å². The first kappa shape index (κ1) is 11.3. The number of nitrogens with one attached hydrogen (secondary N) is 1. The lowest BCUT2D eigenvalue weighted by molar-refractivity contribution is -0.111. The Morgan fingerprint density at radius 3 is 3.07 bits per heavy atom. The molecule has 1 aromatic rings. The van der Waals surface area contributed by atoms with E-state index in [1.54, 1.807) is 12.1 Å². The largest absolute Gasteiger partial charge is 0.494 e. The first-order valence-corrected chi connectivity index (χ1v) is 4.92. The number of carbonyl (C=O) groups is 1. The van der Waals surface area contributed by atoms with Crippen molar-refractivity contribution in [2.75, 3.05) is 11.9 Å². The van der Waals surface area contributed by atoms with Gasteiger partial charge < -0.3 is 10.1 Å². The molecule has 0 aliphatic carbocycles. The summed E-state index contributed by atoms with van der Waals surface area (Å²) in [6, 6.07) is 7.29. The summed E-state index contributed by atoms with van der Waals surface area (Å²) in [6.45, 7) is 6.11. The smallest absolute Gasteiger partial charge is 0.247 e. The lowest BCUT2D eigenvalue weighted by Gasteiger charge is -2.07. The van der Waals surface area contributed by atoms with Gasteiger partial charge in [0.05, 0.1) is 6.61 Å². The normalized spacial score (nSPS) is 9.40. The van der Waals surface area contributed by atoms with Gasteiger partial charge in [-0.3, -0.25) is 4.79 Å². The van der Waals surface area contributed by atoms with Crippen molar-refractivity contribution in [3.05, 3.63) is 36.9 Å². The molecule has 3 heteroatoms. The average Bonchev–Trinajstić information content (AvgIpc) is 2.26. The zero-order valence-corrected chi connectivity index (χ0v) is 8.82. The highest BCUT2D eigenvalue weighted by Crippen LogP contribution is 2.17. The number of benzene rings is 1. The molecule has 1 rings (SSSR count). The predicted octanol–water partition coefficient (Wildman–Crippen LogP) is 2.60. The van der Waals surface area contributed by atoms with Gasteiger partial charge in [-0.05, 0) is 24.6 Å². The second-order valence-corrected chi connectivity index (χ2v) is 3.07. The van der Waals surface area contributed by atoms with Crippen LogP contribution in [0.15, 0.2) is 36.9 Å². The lowest BCUT2D eigenvalue weighted by Crippen LogP contribution is -2.07. The molecule has 0 spiro atoms. The van der Waals surface area contributed by atoms with Crippen LogP contribution in [0.5, 0.6) is 5.75 Å². The third kappa shape index (κ3) is 3.85. The highest BCUT2D eigenvalue weighted by atomic mass is 16.5. The molecular formula is C12H15NO2. The summed E-state index contributed by atoms with van der Waals surface area (Å²) in [6.07, 6.45) is 2.20. The van der Waals surface area contributed by atoms with Crippen molar-refractivity contribution < 1.29 is 9.53 Å². The Balaban J connectivity index is 2.65. The maximum atomic E-state index is 11.0. The number of ether oxygens (including phenoxy) is 1. The van der Waals surface area contributed by atoms with Gasteiger partial charge in [0.25, 0.3) is 0 Å². The number of hydrogen-bond donors (Lipinski definition) is 1. The minimum Gasteiger partial charge on any atom is -0.494 e. The van der Waals surface area contributed by atoms with Crippen LogP contribution >= 0.6 is 0 Å². The van der Waals surface area contributed by atoms with Gasteiger partial charge in [0, 0.05) is 11.8 Å². The van der Waals surface area contributed by atoms with Crippen molar-refractivity contribution in [2.45, 2.75) is 13.3 Å². The number of amides is 1. The molecule has 1 aromatic carbocycles. The maximum absolute atomic E-state index is 11.0. The van der Waals surface area contributed by atoms with E-state index in [1.165, 1.54) is 6.08 Å². The molecule has 0 unspecified atom stereocenters. The molecule has 0 saturated carbocycles. The lowest BCUT2D eigenvalue weighted by atomic mass is 10.3. The van der Waals surface area contributed by atoms with Crippen molar-refractivity contribution in [3.63, 3.8) is 0 Å². The zero-order chi connectivity index (χ0) is 11.1. The van der Waals surface area contributed by atoms with Crippen LogP contribution in [0.1, 0.15) is 13.3 Å². The van der Waals surface area contributed by atoms with Gasteiger partial charge >= 0.3 is 0 Å². The van der Waals surface area contributed by atoms with Crippen LogP contribution in [0.3, 0.4) is 0 Å². The van der Waals surface area contributed by atoms with Crippen molar-refractivity contribution in [2.24, 2.45) is 0 Å². The number of anilines is 1. The van der Waals surface area contributed by atoms with Crippen LogP contribution < -0.4 is 10.1 Å². The standard InChI is InChI=1S/C12H15NO2/c1-3-8-15-11-7-5-6-10(9-11)13-12(14)4-2/h4-7,9H,2-3,8H2,1H3,(H,13,14). The molecule has 0 aromatic heterocycles. The zero-order valence-electron chi connectivity index (χ0n) is 8.82. The highest BCUT2D eigenvalue weighted by Gasteiger charge is 1.98. The number of rotatable bonds is 5. The number of carbonyl (C=O) groups excluding carboxylic acids is 1. The van der Waals surface area contributed by atoms with Crippen molar-refractivity contribution in [1.29, 1.82) is 0 Å². The summed E-state index contributed by atoms with van der Waals surface area (Å²) in [5.41, 5.74) is 0.716. The van der Waals surface area contributed by atoms with Gasteiger partial charge in [-0.2, -0.15) is 0 Å². The fourth-order valence-corrected chi connectivity index (χ4v) is 1.08. The summed E-state index contributed by atoms with van der Waals surface area (Å²) in [7, 11) is 0. The Hall–Kier alpha value is -1.77. The molecular weight excluding hydrogens is 190 g/mol. The Bertz CT molecular complexity index is 347. The molecule has 3 nitrogen and oxygen atoms in total. The van der Waals surface area contributed by atoms with Crippen LogP contribution in [0.2, 0.25) is 0 Å². The fraction of sp³-hybridized carbons (Fsp3) is 0.250. The molecule has 0 radical (unpaired) electrons. The summed E-state index contributed by atoms with van der Waals surface area (Å²) in [5, 5.41) is 2.67. The molecule has 0 aliphatic rings. The third-order valence-electron chi connectivity index (χ3n) is 1.76. The van der Waals surface area contributed by atoms with Gasteiger partial charge in [0.2, 0.25) is 5.91 Å². The Morgan fingerprint density at radius 2 is 2.40 bits per heavy atom. The molecule has 0 bridgehead atoms. The van der Waals surface area contributed by atoms with Crippen molar-refractivity contribution in [3.8, 4) is 5.75 Å². The summed E-state index contributed by atoms with van der Waals surface area (Å²) in [5.74, 6) is 0.543. The van der Waals surface area contributed by atoms with E-state index in [0.29, 0.717) is 12.3 Å². The highest BCUT2D eigenvalue weighted by molar-refractivity contribution is 5.98. The van der Waals surface area contributed by atoms with E-state index in [-0.39, 0.29) is 5.91 Å². The first-order valence-electron chi connectivity index (χ1n) is 4.92. The van der Waals surface area contributed by atoms with Gasteiger partial charge in [-0.25, -0.2) is 0 Å². The molecule has 0 heterocycles. The molecule has 15 heavy (non-hydrogen) atoms. The summed E-state index contributed by atoms with van der Waals surface area (Å²) in [4.78, 5) is 11.0. The summed E-state index contributed by atoms with van der Waals surface area (Å²) < 4.78 is 5.43. The van der Waals surface area contributed by atoms with E-state index in [2.05, 4.69) is 11.9 Å². The summed E-state index contributed by atoms with van der Waals surface area (Å²) >= 11 is 0. The van der Waals surface area contributed by atoms with E-state index in [4.69, 9.17) is 4.74 Å². The quantitative estimate of drug-likeness (QED) is 0.750. The molecule has 0 fully saturated rings. The number of hydrogen-bond acceptors (Lipinski definition) is 2. The Morgan fingerprint density at radius 1 is 1.60 bits per heavy atom. The van der Waals surface area contributed by atoms with Crippen LogP contribution in [-0.4, -0.2) is 12.5 Å². The molecule has 0 aliphatic heterocycles. The Kier molecular flexibility index (Phi) is 4.41. The topological polar surface area (TPSA) is 38.3 Å². The molecule has 0 saturated heterocycles. The monoisotopic (exact) mass is 205 g/mol. The van der Waals surface area contributed by atoms with E-state index in [1.807, 2.05) is 19.1 Å². The fourth-order valence-electron chi connectivity index (χ4n) is 1.08. The minimum atomic E-state index is -0.220. The predicted molar refractivity (Wildman–Crippen MR) is 61.1 cm³/mol. The second kappa shape index (κ2) is 5.86. The molecule has 80 valence electrons. The Labute approximate surface area is 89.8 Å². The van der Waals surface area contributed by atoms with Gasteiger partial charge in [0.15, 0.2) is 0 Å². The minimum absolute atomic E-state index is 0.220. The van der Waals surface area contributed by atoms with Crippen LogP contribution in [0.25, 0.3) is 0 Å². The van der Waals surface area contributed by atoms with E-state index in [0.717, 1.165) is 12.2 Å². The SMILES string of the molecule is C=CC(=O)Nc1cccc(OCCC)c1. The van der Waals surface area contributed by atoms with E-state index < -0.39 is 0 Å². The average molecular weight is 205 g/mol. The van der Waals surface area contributed by atoms with Crippen LogP contribution in [0.4, 0.5) is 5.69 Å². The first-order chi connectivity index (χ1) is 7.26. The van der Waals surface area contributed by atoms with E-state index >= 15 is 0 Å². The molecule has 1 N–H and O–H groups in total. The molecule has 1 amide bonds. The van der Waals surface area contributed by atoms with Crippen LogP contribution in [-0.2, 0) is 4.79 Å². The third-order valence-corrected chi connectivity index (χ3v) is 1.76. The molecule has 0 atom stereocenters. The van der Waals surface area contributed by atoms with Crippen molar-refractivity contribution in [1.82, 2.24) is 0 Å². The van der Waals surface area contributed by atoms with Gasteiger partial charge in [-0.1, -0.05) is 19.6 Å². The van der Waals surface area contributed by atoms with Gasteiger partial charge in [-0.15, -0.1) is 0 Å². The van der Waals surface area contributed by atoms with E-state index in [9.17, 15) is 4.79 Å². The maximum Gasteiger partial charge on any atom is 0.247 e.